The maximum Gasteiger partial charge on any atom is 0.200 e. The monoisotopic (exact) mass is 280 g/mol. The van der Waals surface area contributed by atoms with E-state index in [2.05, 4.69) is 16.3 Å². The Morgan fingerprint density at radius 3 is 2.95 bits per heavy atom. The highest BCUT2D eigenvalue weighted by molar-refractivity contribution is 7.99. The van der Waals surface area contributed by atoms with Gasteiger partial charge in [-0.1, -0.05) is 12.1 Å². The van der Waals surface area contributed by atoms with Crippen molar-refractivity contribution in [1.82, 2.24) is 14.6 Å². The maximum atomic E-state index is 10.7. The van der Waals surface area contributed by atoms with E-state index in [1.54, 1.807) is 18.2 Å². The summed E-state index contributed by atoms with van der Waals surface area (Å²) in [4.78, 5) is 11.5. The fourth-order valence-electron chi connectivity index (χ4n) is 1.78. The Morgan fingerprint density at radius 1 is 1.25 bits per heavy atom. The van der Waals surface area contributed by atoms with Gasteiger partial charge in [0.25, 0.3) is 0 Å². The third-order valence-corrected chi connectivity index (χ3v) is 3.78. The molecule has 0 bridgehead atoms. The first-order chi connectivity index (χ1) is 9.81. The number of carbonyl (C=O) groups excluding carboxylic acids is 1. The fourth-order valence-corrected chi connectivity index (χ4v) is 2.67. The Labute approximate surface area is 118 Å². The summed E-state index contributed by atoms with van der Waals surface area (Å²) in [5, 5.41) is 18.0. The molecule has 0 N–H and O–H groups in total. The van der Waals surface area contributed by atoms with Gasteiger partial charge in [-0.25, -0.2) is 0 Å². The number of aldehydes is 1. The van der Waals surface area contributed by atoms with Gasteiger partial charge in [-0.15, -0.1) is 10.2 Å². The quantitative estimate of drug-likeness (QED) is 0.689. The molecule has 0 aliphatic carbocycles. The lowest BCUT2D eigenvalue weighted by molar-refractivity contribution is 0.112. The first kappa shape index (κ1) is 12.4. The van der Waals surface area contributed by atoms with Crippen molar-refractivity contribution in [3.63, 3.8) is 0 Å². The van der Waals surface area contributed by atoms with Gasteiger partial charge in [-0.05, 0) is 36.0 Å². The summed E-state index contributed by atoms with van der Waals surface area (Å²) < 4.78 is 1.85. The van der Waals surface area contributed by atoms with E-state index < -0.39 is 0 Å². The van der Waals surface area contributed by atoms with Crippen molar-refractivity contribution in [3.8, 4) is 6.07 Å². The molecule has 0 saturated heterocycles. The number of rotatable bonds is 3. The molecule has 0 unspecified atom stereocenters. The summed E-state index contributed by atoms with van der Waals surface area (Å²) in [6.07, 6.45) is 2.59. The van der Waals surface area contributed by atoms with E-state index >= 15 is 0 Å². The van der Waals surface area contributed by atoms with Gasteiger partial charge < -0.3 is 0 Å². The van der Waals surface area contributed by atoms with Gasteiger partial charge in [0.15, 0.2) is 10.8 Å². The van der Waals surface area contributed by atoms with Gasteiger partial charge in [0.1, 0.15) is 12.4 Å². The molecule has 3 aromatic rings. The molecule has 1 aromatic carbocycles. The highest BCUT2D eigenvalue weighted by Gasteiger charge is 2.10. The predicted octanol–water partition coefficient (Wildman–Crippen LogP) is 2.56. The molecule has 6 heteroatoms. The van der Waals surface area contributed by atoms with E-state index in [1.165, 1.54) is 11.8 Å². The van der Waals surface area contributed by atoms with Crippen LogP contribution in [0, 0.1) is 11.3 Å². The first-order valence-electron chi connectivity index (χ1n) is 5.79. The number of nitriles is 1. The van der Waals surface area contributed by atoms with Crippen LogP contribution in [0.1, 0.15) is 15.9 Å². The van der Waals surface area contributed by atoms with Gasteiger partial charge in [-0.2, -0.15) is 5.26 Å². The van der Waals surface area contributed by atoms with E-state index in [9.17, 15) is 4.79 Å². The third kappa shape index (κ3) is 2.15. The fraction of sp³-hybridized carbons (Fsp3) is 0. The van der Waals surface area contributed by atoms with Crippen LogP contribution < -0.4 is 0 Å². The molecule has 0 atom stereocenters. The van der Waals surface area contributed by atoms with Crippen LogP contribution >= 0.6 is 11.8 Å². The number of benzene rings is 1. The predicted molar refractivity (Wildman–Crippen MR) is 73.7 cm³/mol. The number of hydrogen-bond donors (Lipinski definition) is 0. The van der Waals surface area contributed by atoms with E-state index in [1.807, 2.05) is 28.8 Å². The van der Waals surface area contributed by atoms with Crippen LogP contribution in [0.2, 0.25) is 0 Å². The molecule has 2 aromatic heterocycles. The normalized spacial score (nSPS) is 10.3. The number of aromatic nitrogens is 3. The standard InChI is InChI=1S/C14H8N4OS/c15-8-11-7-10(9-19)4-5-12(11)20-14-17-16-13-3-1-2-6-18(13)14/h1-7,9H. The molecule has 20 heavy (non-hydrogen) atoms. The van der Waals surface area contributed by atoms with Crippen molar-refractivity contribution < 1.29 is 4.79 Å². The number of carbonyl (C=O) groups is 1. The lowest BCUT2D eigenvalue weighted by atomic mass is 10.1. The van der Waals surface area contributed by atoms with Gasteiger partial charge in [0, 0.05) is 16.7 Å². The number of pyridine rings is 1. The zero-order valence-corrected chi connectivity index (χ0v) is 11.0. The smallest absolute Gasteiger partial charge is 0.200 e. The zero-order valence-electron chi connectivity index (χ0n) is 10.2. The highest BCUT2D eigenvalue weighted by Crippen LogP contribution is 2.29. The minimum absolute atomic E-state index is 0.451. The summed E-state index contributed by atoms with van der Waals surface area (Å²) in [6, 6.07) is 12.7. The largest absolute Gasteiger partial charge is 0.298 e. The van der Waals surface area contributed by atoms with E-state index in [0.717, 1.165) is 16.8 Å². The lowest BCUT2D eigenvalue weighted by Gasteiger charge is -2.03. The number of hydrogen-bond acceptors (Lipinski definition) is 5. The summed E-state index contributed by atoms with van der Waals surface area (Å²) in [5.74, 6) is 0. The molecule has 96 valence electrons. The molecular weight excluding hydrogens is 272 g/mol. The molecular formula is C14H8N4OS. The molecule has 0 fully saturated rings. The minimum atomic E-state index is 0.451. The van der Waals surface area contributed by atoms with E-state index in [0.29, 0.717) is 16.3 Å². The molecule has 2 heterocycles. The van der Waals surface area contributed by atoms with Gasteiger partial charge in [0.05, 0.1) is 5.56 Å². The molecule has 0 amide bonds. The molecule has 0 radical (unpaired) electrons. The molecule has 5 nitrogen and oxygen atoms in total. The second-order valence-corrected chi connectivity index (χ2v) is 5.01. The van der Waals surface area contributed by atoms with Crippen molar-refractivity contribution in [3.05, 3.63) is 53.7 Å². The Morgan fingerprint density at radius 2 is 2.15 bits per heavy atom. The molecule has 0 spiro atoms. The van der Waals surface area contributed by atoms with Crippen molar-refractivity contribution in [2.75, 3.05) is 0 Å². The first-order valence-corrected chi connectivity index (χ1v) is 6.60. The van der Waals surface area contributed by atoms with Crippen molar-refractivity contribution in [1.29, 1.82) is 5.26 Å². The van der Waals surface area contributed by atoms with Gasteiger partial charge in [0.2, 0.25) is 0 Å². The second kappa shape index (κ2) is 5.15. The zero-order chi connectivity index (χ0) is 13.9. The summed E-state index contributed by atoms with van der Waals surface area (Å²) in [6.45, 7) is 0. The van der Waals surface area contributed by atoms with Crippen molar-refractivity contribution in [2.45, 2.75) is 10.1 Å². The summed E-state index contributed by atoms with van der Waals surface area (Å²) >= 11 is 1.35. The Kier molecular flexibility index (Phi) is 3.19. The third-order valence-electron chi connectivity index (χ3n) is 2.74. The summed E-state index contributed by atoms with van der Waals surface area (Å²) in [5.41, 5.74) is 1.68. The van der Waals surface area contributed by atoms with E-state index in [-0.39, 0.29) is 0 Å². The SMILES string of the molecule is N#Cc1cc(C=O)ccc1Sc1nnc2ccccn12. The van der Waals surface area contributed by atoms with Crippen LogP contribution in [0.25, 0.3) is 5.65 Å². The lowest BCUT2D eigenvalue weighted by Crippen LogP contribution is -1.89. The summed E-state index contributed by atoms with van der Waals surface area (Å²) in [7, 11) is 0. The highest BCUT2D eigenvalue weighted by atomic mass is 32.2. The molecule has 3 rings (SSSR count). The van der Waals surface area contributed by atoms with Crippen LogP contribution in [0.3, 0.4) is 0 Å². The van der Waals surface area contributed by atoms with Crippen LogP contribution in [-0.4, -0.2) is 20.9 Å². The second-order valence-electron chi connectivity index (χ2n) is 4.00. The minimum Gasteiger partial charge on any atom is -0.298 e. The Bertz CT molecular complexity index is 835. The van der Waals surface area contributed by atoms with Gasteiger partial charge in [-0.3, -0.25) is 9.20 Å². The van der Waals surface area contributed by atoms with Crippen LogP contribution in [-0.2, 0) is 0 Å². The molecule has 0 aliphatic heterocycles. The molecule has 0 aliphatic rings. The van der Waals surface area contributed by atoms with Gasteiger partial charge >= 0.3 is 0 Å². The Balaban J connectivity index is 2.03. The maximum absolute atomic E-state index is 10.7. The van der Waals surface area contributed by atoms with Crippen LogP contribution in [0.5, 0.6) is 0 Å². The number of fused-ring (bicyclic) bond motifs is 1. The molecule has 0 saturated carbocycles. The average Bonchev–Trinajstić information content (AvgIpc) is 2.91. The average molecular weight is 280 g/mol. The van der Waals surface area contributed by atoms with E-state index in [4.69, 9.17) is 5.26 Å². The van der Waals surface area contributed by atoms with Crippen molar-refractivity contribution >= 4 is 23.7 Å². The number of nitrogens with zero attached hydrogens (tertiary/aromatic N) is 4. The van der Waals surface area contributed by atoms with Crippen molar-refractivity contribution in [2.24, 2.45) is 0 Å². The van der Waals surface area contributed by atoms with Crippen LogP contribution in [0.15, 0.2) is 52.6 Å². The Hall–Kier alpha value is -2.65. The van der Waals surface area contributed by atoms with Crippen LogP contribution in [0.4, 0.5) is 0 Å². The topological polar surface area (TPSA) is 71.0 Å².